The highest BCUT2D eigenvalue weighted by Gasteiger charge is 2.27. The van der Waals surface area contributed by atoms with Crippen LogP contribution >= 0.6 is 0 Å². The lowest BCUT2D eigenvalue weighted by Crippen LogP contribution is -2.37. The van der Waals surface area contributed by atoms with Gasteiger partial charge in [-0.1, -0.05) is 18.2 Å². The number of fused-ring (bicyclic) bond motifs is 1. The normalized spacial score (nSPS) is 16.6. The molecule has 1 aliphatic heterocycles. The number of nitrogens with one attached hydrogen (secondary N) is 1. The van der Waals surface area contributed by atoms with Gasteiger partial charge in [-0.15, -0.1) is 0 Å². The van der Waals surface area contributed by atoms with Crippen LogP contribution in [0.3, 0.4) is 0 Å². The number of hydrogen-bond donors (Lipinski definition) is 1. The fraction of sp³-hybridized carbons (Fsp3) is 0.200. The molecule has 140 valence electrons. The monoisotopic (exact) mass is 374 g/mol. The molecule has 1 aliphatic rings. The minimum absolute atomic E-state index is 0.0152. The van der Waals surface area contributed by atoms with E-state index < -0.39 is 0 Å². The predicted molar refractivity (Wildman–Crippen MR) is 103 cm³/mol. The van der Waals surface area contributed by atoms with Crippen LogP contribution in [0.2, 0.25) is 0 Å². The molecule has 0 bridgehead atoms. The summed E-state index contributed by atoms with van der Waals surface area (Å²) >= 11 is 0. The summed E-state index contributed by atoms with van der Waals surface area (Å²) in [5.41, 5.74) is 1.94. The fourth-order valence-corrected chi connectivity index (χ4v) is 3.48. The molecule has 1 fully saturated rings. The molecule has 8 heteroatoms. The molecular weight excluding hydrogens is 356 g/mol. The number of carbonyl (C=O) groups excluding carboxylic acids is 1. The number of hydrogen-bond acceptors (Lipinski definition) is 6. The Kier molecular flexibility index (Phi) is 4.01. The van der Waals surface area contributed by atoms with Crippen molar-refractivity contribution in [3.05, 3.63) is 67.1 Å². The van der Waals surface area contributed by atoms with Gasteiger partial charge in [-0.2, -0.15) is 0 Å². The van der Waals surface area contributed by atoms with Crippen LogP contribution in [0.5, 0.6) is 0 Å². The molecular formula is C20H18N6O2. The maximum atomic E-state index is 12.6. The zero-order chi connectivity index (χ0) is 18.9. The number of imidazole rings is 1. The Hall–Kier alpha value is -3.68. The maximum Gasteiger partial charge on any atom is 0.273 e. The molecule has 0 aliphatic carbocycles. The minimum atomic E-state index is -0.232. The van der Waals surface area contributed by atoms with Crippen molar-refractivity contribution in [1.82, 2.24) is 24.7 Å². The molecule has 5 rings (SSSR count). The Labute approximate surface area is 160 Å². The van der Waals surface area contributed by atoms with Gasteiger partial charge in [0.1, 0.15) is 6.26 Å². The Balaban J connectivity index is 1.27. The van der Waals surface area contributed by atoms with E-state index in [1.165, 1.54) is 6.26 Å². The summed E-state index contributed by atoms with van der Waals surface area (Å²) in [6.07, 6.45) is 9.51. The number of benzene rings is 1. The van der Waals surface area contributed by atoms with E-state index in [1.54, 1.807) is 12.4 Å². The Morgan fingerprint density at radius 3 is 2.82 bits per heavy atom. The molecule has 0 spiro atoms. The molecule has 1 saturated heterocycles. The lowest BCUT2D eigenvalue weighted by Gasteiger charge is -2.18. The van der Waals surface area contributed by atoms with E-state index in [4.69, 9.17) is 4.42 Å². The molecule has 4 heterocycles. The number of rotatable bonds is 4. The van der Waals surface area contributed by atoms with E-state index in [2.05, 4.69) is 25.2 Å². The van der Waals surface area contributed by atoms with Gasteiger partial charge in [-0.05, 0) is 18.6 Å². The highest BCUT2D eigenvalue weighted by molar-refractivity contribution is 5.92. The second-order valence-electron chi connectivity index (χ2n) is 6.72. The van der Waals surface area contributed by atoms with Crippen LogP contribution in [0.25, 0.3) is 17.1 Å². The van der Waals surface area contributed by atoms with Crippen molar-refractivity contribution in [1.29, 1.82) is 0 Å². The molecule has 1 aromatic carbocycles. The average Bonchev–Trinajstić information content (AvgIpc) is 3.48. The third-order valence-electron chi connectivity index (χ3n) is 4.87. The number of nitrogens with zero attached hydrogens (tertiary/aromatic N) is 5. The summed E-state index contributed by atoms with van der Waals surface area (Å²) in [4.78, 5) is 27.9. The lowest BCUT2D eigenvalue weighted by molar-refractivity contribution is 0.0935. The van der Waals surface area contributed by atoms with Crippen molar-refractivity contribution in [3.63, 3.8) is 0 Å². The van der Waals surface area contributed by atoms with Crippen molar-refractivity contribution in [2.24, 2.45) is 0 Å². The highest BCUT2D eigenvalue weighted by Crippen LogP contribution is 2.22. The number of anilines is 1. The summed E-state index contributed by atoms with van der Waals surface area (Å²) in [6.45, 7) is 1.48. The summed E-state index contributed by atoms with van der Waals surface area (Å²) in [5, 5.41) is 3.04. The molecule has 4 aromatic rings. The van der Waals surface area contributed by atoms with E-state index >= 15 is 0 Å². The van der Waals surface area contributed by atoms with Gasteiger partial charge in [0.05, 0.1) is 0 Å². The van der Waals surface area contributed by atoms with Crippen LogP contribution in [-0.2, 0) is 0 Å². The topological polar surface area (TPSA) is 88.6 Å². The van der Waals surface area contributed by atoms with Crippen molar-refractivity contribution in [2.45, 2.75) is 12.5 Å². The van der Waals surface area contributed by atoms with Gasteiger partial charge in [0, 0.05) is 49.5 Å². The molecule has 8 nitrogen and oxygen atoms in total. The number of carbonyl (C=O) groups is 1. The molecule has 1 atom stereocenters. The van der Waals surface area contributed by atoms with Gasteiger partial charge in [0.25, 0.3) is 5.91 Å². The molecule has 3 aromatic heterocycles. The highest BCUT2D eigenvalue weighted by atomic mass is 16.3. The number of amides is 1. The summed E-state index contributed by atoms with van der Waals surface area (Å²) in [6, 6.07) is 9.53. The lowest BCUT2D eigenvalue weighted by atomic mass is 10.2. The fourth-order valence-electron chi connectivity index (χ4n) is 3.48. The van der Waals surface area contributed by atoms with E-state index in [0.29, 0.717) is 12.4 Å². The van der Waals surface area contributed by atoms with E-state index in [0.717, 1.165) is 30.0 Å². The smallest absolute Gasteiger partial charge is 0.273 e. The van der Waals surface area contributed by atoms with Crippen molar-refractivity contribution in [2.75, 3.05) is 18.0 Å². The molecule has 0 saturated carbocycles. The zero-order valence-electron chi connectivity index (χ0n) is 15.0. The van der Waals surface area contributed by atoms with Crippen LogP contribution < -0.4 is 10.2 Å². The van der Waals surface area contributed by atoms with Gasteiger partial charge >= 0.3 is 0 Å². The van der Waals surface area contributed by atoms with Gasteiger partial charge in [-0.25, -0.2) is 15.0 Å². The van der Waals surface area contributed by atoms with E-state index in [-0.39, 0.29) is 17.6 Å². The molecule has 1 unspecified atom stereocenters. The second-order valence-corrected chi connectivity index (χ2v) is 6.72. The van der Waals surface area contributed by atoms with Gasteiger partial charge in [0.2, 0.25) is 5.89 Å². The third kappa shape index (κ3) is 2.98. The minimum Gasteiger partial charge on any atom is -0.444 e. The zero-order valence-corrected chi connectivity index (χ0v) is 15.0. The SMILES string of the molecule is O=C(NC1CCN(c2nccn3ccnc23)C1)c1coc(-c2ccccc2)n1. The van der Waals surface area contributed by atoms with Crippen LogP contribution in [0, 0.1) is 0 Å². The van der Waals surface area contributed by atoms with Crippen LogP contribution in [-0.4, -0.2) is 44.4 Å². The van der Waals surface area contributed by atoms with E-state index in [1.807, 2.05) is 47.1 Å². The first-order chi connectivity index (χ1) is 13.8. The first-order valence-corrected chi connectivity index (χ1v) is 9.12. The van der Waals surface area contributed by atoms with Gasteiger partial charge in [0.15, 0.2) is 17.2 Å². The summed E-state index contributed by atoms with van der Waals surface area (Å²) < 4.78 is 7.40. The summed E-state index contributed by atoms with van der Waals surface area (Å²) in [5.74, 6) is 1.04. The quantitative estimate of drug-likeness (QED) is 0.590. The van der Waals surface area contributed by atoms with Crippen LogP contribution in [0.4, 0.5) is 5.82 Å². The molecule has 0 radical (unpaired) electrons. The average molecular weight is 374 g/mol. The number of aromatic nitrogens is 4. The molecule has 1 N–H and O–H groups in total. The Morgan fingerprint density at radius 2 is 1.96 bits per heavy atom. The molecule has 28 heavy (non-hydrogen) atoms. The predicted octanol–water partition coefficient (Wildman–Crippen LogP) is 2.39. The van der Waals surface area contributed by atoms with Crippen molar-refractivity contribution < 1.29 is 9.21 Å². The first-order valence-electron chi connectivity index (χ1n) is 9.12. The maximum absolute atomic E-state index is 12.6. The van der Waals surface area contributed by atoms with Crippen molar-refractivity contribution in [3.8, 4) is 11.5 Å². The summed E-state index contributed by atoms with van der Waals surface area (Å²) in [7, 11) is 0. The number of oxazole rings is 1. The second kappa shape index (κ2) is 6.80. The first kappa shape index (κ1) is 16.5. The van der Waals surface area contributed by atoms with Gasteiger partial charge in [-0.3, -0.25) is 4.79 Å². The van der Waals surface area contributed by atoms with Crippen LogP contribution in [0.15, 0.2) is 65.8 Å². The van der Waals surface area contributed by atoms with Crippen molar-refractivity contribution >= 4 is 17.4 Å². The third-order valence-corrected chi connectivity index (χ3v) is 4.87. The van der Waals surface area contributed by atoms with E-state index in [9.17, 15) is 4.79 Å². The van der Waals surface area contributed by atoms with Gasteiger partial charge < -0.3 is 19.0 Å². The largest absolute Gasteiger partial charge is 0.444 e. The molecule has 1 amide bonds. The van der Waals surface area contributed by atoms with Crippen LogP contribution in [0.1, 0.15) is 16.9 Å². The Morgan fingerprint density at radius 1 is 1.14 bits per heavy atom. The standard InChI is InChI=1S/C20H18N6O2/c27-19(16-13-28-20(24-16)14-4-2-1-3-5-14)23-15-6-9-26(12-15)18-17-21-7-10-25(17)11-8-22-18/h1-5,7-8,10-11,13,15H,6,9,12H2,(H,23,27). The Bertz CT molecular complexity index is 1120.